The molecule has 0 aromatic heterocycles. The molecule has 0 bridgehead atoms. The zero-order valence-corrected chi connectivity index (χ0v) is 7.14. The number of hydrogen-bond acceptors (Lipinski definition) is 3. The maximum atomic E-state index is 11.0. The summed E-state index contributed by atoms with van der Waals surface area (Å²) in [6, 6.07) is 8.56. The number of ether oxygens (including phenoxy) is 1. The summed E-state index contributed by atoms with van der Waals surface area (Å²) >= 11 is 0. The first-order valence-electron chi connectivity index (χ1n) is 3.69. The number of para-hydroxylation sites is 1. The van der Waals surface area contributed by atoms with E-state index in [-0.39, 0.29) is 0 Å². The second-order valence-corrected chi connectivity index (χ2v) is 2.40. The highest BCUT2D eigenvalue weighted by Gasteiger charge is 2.08. The van der Waals surface area contributed by atoms with E-state index in [2.05, 4.69) is 0 Å². The normalized spacial score (nSPS) is 9.00. The third-order valence-electron chi connectivity index (χ3n) is 1.39. The number of rotatable bonds is 2. The highest BCUT2D eigenvalue weighted by Crippen LogP contribution is 2.08. The van der Waals surface area contributed by atoms with Gasteiger partial charge in [-0.1, -0.05) is 18.2 Å². The fourth-order valence-corrected chi connectivity index (χ4v) is 0.704. The fraction of sp³-hybridized carbons (Fsp3) is 0.111. The van der Waals surface area contributed by atoms with Crippen molar-refractivity contribution in [3.8, 4) is 5.75 Å². The number of hydrogen-bond donors (Lipinski definition) is 0. The molecule has 13 heavy (non-hydrogen) atoms. The summed E-state index contributed by atoms with van der Waals surface area (Å²) in [5.74, 6) is 0.418. The molecule has 1 aromatic carbocycles. The van der Waals surface area contributed by atoms with Crippen LogP contribution in [0.15, 0.2) is 30.3 Å². The van der Waals surface area contributed by atoms with E-state index >= 15 is 0 Å². The fourth-order valence-electron chi connectivity index (χ4n) is 0.704. The van der Waals surface area contributed by atoms with Crippen LogP contribution in [0.4, 0.5) is 4.79 Å². The highest BCUT2D eigenvalue weighted by atomic mass is 16.6. The van der Waals surface area contributed by atoms with Gasteiger partial charge in [0, 0.05) is 7.05 Å². The lowest BCUT2D eigenvalue weighted by molar-refractivity contribution is -0.115. The van der Waals surface area contributed by atoms with E-state index in [1.54, 1.807) is 30.3 Å². The van der Waals surface area contributed by atoms with Gasteiger partial charge in [0.25, 0.3) is 0 Å². The van der Waals surface area contributed by atoms with Crippen LogP contribution in [0.1, 0.15) is 0 Å². The van der Waals surface area contributed by atoms with Gasteiger partial charge < -0.3 is 4.74 Å². The highest BCUT2D eigenvalue weighted by molar-refractivity contribution is 5.81. The van der Waals surface area contributed by atoms with Crippen molar-refractivity contribution in [3.63, 3.8) is 0 Å². The molecule has 0 unspecified atom stereocenters. The third-order valence-corrected chi connectivity index (χ3v) is 1.39. The third kappa shape index (κ3) is 2.59. The summed E-state index contributed by atoms with van der Waals surface area (Å²) in [6.45, 7) is 0. The maximum Gasteiger partial charge on any atom is 0.421 e. The summed E-state index contributed by atoms with van der Waals surface area (Å²) in [7, 11) is 1.33. The quantitative estimate of drug-likeness (QED) is 0.642. The second kappa shape index (κ2) is 4.25. The minimum Gasteiger partial charge on any atom is -0.410 e. The molecule has 0 heterocycles. The van der Waals surface area contributed by atoms with Crippen LogP contribution in [-0.4, -0.2) is 24.5 Å². The minimum absolute atomic E-state index is 0.394. The van der Waals surface area contributed by atoms with E-state index in [4.69, 9.17) is 4.74 Å². The molecule has 68 valence electrons. The Kier molecular flexibility index (Phi) is 3.03. The molecule has 0 atom stereocenters. The minimum atomic E-state index is -0.693. The first-order chi connectivity index (χ1) is 6.24. The molecule has 0 aliphatic carbocycles. The van der Waals surface area contributed by atoms with Crippen LogP contribution in [0.3, 0.4) is 0 Å². The molecule has 1 rings (SSSR count). The summed E-state index contributed by atoms with van der Waals surface area (Å²) in [5, 5.41) is 0. The average Bonchev–Trinajstić information content (AvgIpc) is 2.18. The predicted octanol–water partition coefficient (Wildman–Crippen LogP) is 1.27. The monoisotopic (exact) mass is 179 g/mol. The van der Waals surface area contributed by atoms with Crippen LogP contribution in [0, 0.1) is 0 Å². The van der Waals surface area contributed by atoms with Crippen LogP contribution < -0.4 is 4.74 Å². The SMILES string of the molecule is CN(C=O)C(=O)Oc1ccccc1. The topological polar surface area (TPSA) is 46.6 Å². The van der Waals surface area contributed by atoms with Crippen molar-refractivity contribution in [1.82, 2.24) is 4.90 Å². The Morgan fingerprint density at radius 2 is 2.00 bits per heavy atom. The van der Waals surface area contributed by atoms with E-state index in [1.165, 1.54) is 7.05 Å². The lowest BCUT2D eigenvalue weighted by atomic mass is 10.3. The van der Waals surface area contributed by atoms with E-state index in [1.807, 2.05) is 0 Å². The van der Waals surface area contributed by atoms with Crippen molar-refractivity contribution < 1.29 is 14.3 Å². The molecule has 0 aliphatic heterocycles. The van der Waals surface area contributed by atoms with Gasteiger partial charge in [-0.05, 0) is 12.1 Å². The van der Waals surface area contributed by atoms with Crippen LogP contribution >= 0.6 is 0 Å². The average molecular weight is 179 g/mol. The van der Waals surface area contributed by atoms with Gasteiger partial charge in [-0.3, -0.25) is 9.69 Å². The molecule has 4 nitrogen and oxygen atoms in total. The van der Waals surface area contributed by atoms with Gasteiger partial charge in [0.2, 0.25) is 6.41 Å². The Morgan fingerprint density at radius 3 is 2.54 bits per heavy atom. The van der Waals surface area contributed by atoms with Gasteiger partial charge in [-0.2, -0.15) is 0 Å². The van der Waals surface area contributed by atoms with Crippen molar-refractivity contribution in [2.24, 2.45) is 0 Å². The Morgan fingerprint density at radius 1 is 1.38 bits per heavy atom. The van der Waals surface area contributed by atoms with Crippen LogP contribution in [0.5, 0.6) is 5.75 Å². The lowest BCUT2D eigenvalue weighted by Gasteiger charge is -2.08. The number of amides is 2. The van der Waals surface area contributed by atoms with Gasteiger partial charge >= 0.3 is 6.09 Å². The Hall–Kier alpha value is -1.84. The van der Waals surface area contributed by atoms with Crippen LogP contribution in [0.25, 0.3) is 0 Å². The molecule has 1 aromatic rings. The maximum absolute atomic E-state index is 11.0. The molecular weight excluding hydrogens is 170 g/mol. The molecule has 0 saturated heterocycles. The van der Waals surface area contributed by atoms with E-state index in [0.29, 0.717) is 12.2 Å². The molecule has 0 fully saturated rings. The Labute approximate surface area is 75.7 Å². The molecule has 0 N–H and O–H groups in total. The summed E-state index contributed by atoms with van der Waals surface area (Å²) < 4.78 is 4.82. The molecule has 0 aliphatic rings. The van der Waals surface area contributed by atoms with Gasteiger partial charge in [0.1, 0.15) is 5.75 Å². The van der Waals surface area contributed by atoms with E-state index in [0.717, 1.165) is 4.90 Å². The lowest BCUT2D eigenvalue weighted by Crippen LogP contribution is -2.28. The number of imide groups is 1. The van der Waals surface area contributed by atoms with Crippen molar-refractivity contribution in [2.45, 2.75) is 0 Å². The van der Waals surface area contributed by atoms with Crippen LogP contribution in [-0.2, 0) is 4.79 Å². The number of nitrogens with zero attached hydrogens (tertiary/aromatic N) is 1. The van der Waals surface area contributed by atoms with E-state index < -0.39 is 6.09 Å². The van der Waals surface area contributed by atoms with Crippen LogP contribution in [0.2, 0.25) is 0 Å². The van der Waals surface area contributed by atoms with Gasteiger partial charge in [0.15, 0.2) is 0 Å². The Bertz CT molecular complexity index is 297. The molecule has 4 heteroatoms. The molecule has 2 amide bonds. The summed E-state index contributed by atoms with van der Waals surface area (Å²) in [5.41, 5.74) is 0. The molecule has 0 saturated carbocycles. The standard InChI is InChI=1S/C9H9NO3/c1-10(7-11)9(12)13-8-5-3-2-4-6-8/h2-7H,1H3. The van der Waals surface area contributed by atoms with Crippen molar-refractivity contribution >= 4 is 12.5 Å². The van der Waals surface area contributed by atoms with Gasteiger partial charge in [-0.15, -0.1) is 0 Å². The van der Waals surface area contributed by atoms with E-state index in [9.17, 15) is 9.59 Å². The summed E-state index contributed by atoms with van der Waals surface area (Å²) in [6.07, 6.45) is -0.299. The zero-order valence-electron chi connectivity index (χ0n) is 7.14. The number of benzene rings is 1. The van der Waals surface area contributed by atoms with Crippen molar-refractivity contribution in [1.29, 1.82) is 0 Å². The van der Waals surface area contributed by atoms with Crippen molar-refractivity contribution in [3.05, 3.63) is 30.3 Å². The predicted molar refractivity (Wildman–Crippen MR) is 46.3 cm³/mol. The molecular formula is C9H9NO3. The molecule has 0 spiro atoms. The second-order valence-electron chi connectivity index (χ2n) is 2.40. The van der Waals surface area contributed by atoms with Crippen molar-refractivity contribution in [2.75, 3.05) is 7.05 Å². The first-order valence-corrected chi connectivity index (χ1v) is 3.69. The smallest absolute Gasteiger partial charge is 0.410 e. The Balaban J connectivity index is 2.60. The summed E-state index contributed by atoms with van der Waals surface area (Å²) in [4.78, 5) is 22.0. The first kappa shape index (κ1) is 9.25. The zero-order chi connectivity index (χ0) is 9.68. The number of carbonyl (C=O) groups excluding carboxylic acids is 2. The molecule has 0 radical (unpaired) electrons. The largest absolute Gasteiger partial charge is 0.421 e. The van der Waals surface area contributed by atoms with Gasteiger partial charge in [0.05, 0.1) is 0 Å². The van der Waals surface area contributed by atoms with Gasteiger partial charge in [-0.25, -0.2) is 4.79 Å². The number of carbonyl (C=O) groups is 2.